The number of hydrogen-bond donors (Lipinski definition) is 2. The van der Waals surface area contributed by atoms with E-state index in [1.807, 2.05) is 50.0 Å². The van der Waals surface area contributed by atoms with E-state index < -0.39 is 0 Å². The van der Waals surface area contributed by atoms with Crippen LogP contribution < -0.4 is 10.6 Å². The van der Waals surface area contributed by atoms with Crippen molar-refractivity contribution in [3.05, 3.63) is 48.5 Å². The molecule has 1 aliphatic rings. The topological polar surface area (TPSA) is 74.6 Å². The fourth-order valence-electron chi connectivity index (χ4n) is 3.70. The predicted molar refractivity (Wildman–Crippen MR) is 112 cm³/mol. The van der Waals surface area contributed by atoms with Crippen LogP contribution in [0, 0.1) is 5.92 Å². The van der Waals surface area contributed by atoms with E-state index in [9.17, 15) is 4.79 Å². The van der Waals surface area contributed by atoms with E-state index in [0.29, 0.717) is 12.0 Å². The first-order valence-electron chi connectivity index (χ1n) is 9.86. The van der Waals surface area contributed by atoms with Crippen LogP contribution in [-0.4, -0.2) is 53.0 Å². The van der Waals surface area contributed by atoms with Crippen LogP contribution in [0.15, 0.2) is 48.0 Å². The molecule has 0 spiro atoms. The van der Waals surface area contributed by atoms with Gasteiger partial charge in [0.05, 0.1) is 12.4 Å². The summed E-state index contributed by atoms with van der Waals surface area (Å²) >= 11 is 0. The van der Waals surface area contributed by atoms with Crippen LogP contribution in [0.5, 0.6) is 0 Å². The quantitative estimate of drug-likeness (QED) is 0.616. The Balaban J connectivity index is 1.52. The molecule has 1 aromatic heterocycles. The molecule has 7 heteroatoms. The standard InChI is InChI=1S/C21H30N6O/c1-16-9-12-26(14-20(16)27-13-11-23-15-27)21(22-3)24-10-8-18-4-6-19(7-5-18)25-17(2)28/h4-7,11,13,15-16,20H,8-10,12,14H2,1-3H3,(H,22,24)(H,25,28). The summed E-state index contributed by atoms with van der Waals surface area (Å²) in [6.45, 7) is 6.58. The molecule has 1 aromatic carbocycles. The normalized spacial score (nSPS) is 20.1. The summed E-state index contributed by atoms with van der Waals surface area (Å²) in [5.41, 5.74) is 2.05. The summed E-state index contributed by atoms with van der Waals surface area (Å²) < 4.78 is 2.21. The van der Waals surface area contributed by atoms with Crippen molar-refractivity contribution >= 4 is 17.6 Å². The Kier molecular flexibility index (Phi) is 6.68. The second-order valence-electron chi connectivity index (χ2n) is 7.39. The number of amides is 1. The van der Waals surface area contributed by atoms with E-state index in [1.165, 1.54) is 12.5 Å². The Morgan fingerprint density at radius 1 is 1.32 bits per heavy atom. The molecule has 0 radical (unpaired) electrons. The van der Waals surface area contributed by atoms with Gasteiger partial charge >= 0.3 is 0 Å². The van der Waals surface area contributed by atoms with Gasteiger partial charge in [-0.2, -0.15) is 0 Å². The lowest BCUT2D eigenvalue weighted by molar-refractivity contribution is -0.114. The summed E-state index contributed by atoms with van der Waals surface area (Å²) in [6.07, 6.45) is 7.83. The number of likely N-dealkylation sites (tertiary alicyclic amines) is 1. The Bertz CT molecular complexity index is 784. The smallest absolute Gasteiger partial charge is 0.221 e. The highest BCUT2D eigenvalue weighted by Gasteiger charge is 2.28. The lowest BCUT2D eigenvalue weighted by Crippen LogP contribution is -2.49. The van der Waals surface area contributed by atoms with Gasteiger partial charge in [0, 0.05) is 51.7 Å². The number of anilines is 1. The molecular weight excluding hydrogens is 352 g/mol. The Morgan fingerprint density at radius 3 is 2.75 bits per heavy atom. The average molecular weight is 383 g/mol. The van der Waals surface area contributed by atoms with Crippen molar-refractivity contribution in [2.75, 3.05) is 32.0 Å². The van der Waals surface area contributed by atoms with Crippen LogP contribution in [0.2, 0.25) is 0 Å². The second-order valence-corrected chi connectivity index (χ2v) is 7.39. The highest BCUT2D eigenvalue weighted by Crippen LogP contribution is 2.27. The lowest BCUT2D eigenvalue weighted by atomic mass is 9.93. The van der Waals surface area contributed by atoms with Crippen molar-refractivity contribution in [3.8, 4) is 0 Å². The van der Waals surface area contributed by atoms with Crippen molar-refractivity contribution in [1.82, 2.24) is 19.8 Å². The van der Waals surface area contributed by atoms with Gasteiger partial charge in [0.25, 0.3) is 0 Å². The first-order valence-corrected chi connectivity index (χ1v) is 9.86. The van der Waals surface area contributed by atoms with Crippen LogP contribution in [0.4, 0.5) is 5.69 Å². The zero-order chi connectivity index (χ0) is 19.9. The van der Waals surface area contributed by atoms with Crippen LogP contribution in [0.25, 0.3) is 0 Å². The SMILES string of the molecule is CN=C(NCCc1ccc(NC(C)=O)cc1)N1CCC(C)C(n2ccnc2)C1. The minimum absolute atomic E-state index is 0.0527. The van der Waals surface area contributed by atoms with Crippen LogP contribution in [0.3, 0.4) is 0 Å². The monoisotopic (exact) mass is 382 g/mol. The largest absolute Gasteiger partial charge is 0.356 e. The lowest BCUT2D eigenvalue weighted by Gasteiger charge is -2.39. The number of hydrogen-bond acceptors (Lipinski definition) is 3. The fraction of sp³-hybridized carbons (Fsp3) is 0.476. The van der Waals surface area contributed by atoms with Crippen molar-refractivity contribution < 1.29 is 4.79 Å². The third kappa shape index (κ3) is 5.12. The second kappa shape index (κ2) is 9.39. The number of benzene rings is 1. The van der Waals surface area contributed by atoms with E-state index in [2.05, 4.69) is 37.0 Å². The summed E-state index contributed by atoms with van der Waals surface area (Å²) in [4.78, 5) is 22.1. The van der Waals surface area contributed by atoms with Gasteiger partial charge in [-0.05, 0) is 36.5 Å². The molecule has 2 heterocycles. The third-order valence-electron chi connectivity index (χ3n) is 5.31. The van der Waals surface area contributed by atoms with Gasteiger partial charge in [-0.3, -0.25) is 9.79 Å². The number of nitrogens with one attached hydrogen (secondary N) is 2. The molecule has 7 nitrogen and oxygen atoms in total. The number of guanidine groups is 1. The Morgan fingerprint density at radius 2 is 2.11 bits per heavy atom. The van der Waals surface area contributed by atoms with Crippen molar-refractivity contribution in [1.29, 1.82) is 0 Å². The number of imidazole rings is 1. The number of piperidine rings is 1. The molecule has 0 aliphatic carbocycles. The van der Waals surface area contributed by atoms with Gasteiger partial charge in [-0.15, -0.1) is 0 Å². The van der Waals surface area contributed by atoms with Crippen molar-refractivity contribution in [3.63, 3.8) is 0 Å². The third-order valence-corrected chi connectivity index (χ3v) is 5.31. The van der Waals surface area contributed by atoms with E-state index in [-0.39, 0.29) is 5.91 Å². The molecule has 0 bridgehead atoms. The molecule has 1 saturated heterocycles. The molecule has 2 atom stereocenters. The van der Waals surface area contributed by atoms with Gasteiger partial charge in [0.15, 0.2) is 5.96 Å². The number of rotatable bonds is 5. The maximum atomic E-state index is 11.1. The fourth-order valence-corrected chi connectivity index (χ4v) is 3.70. The van der Waals surface area contributed by atoms with Gasteiger partial charge in [-0.25, -0.2) is 4.98 Å². The molecule has 2 aromatic rings. The maximum absolute atomic E-state index is 11.1. The summed E-state index contributed by atoms with van der Waals surface area (Å²) in [7, 11) is 1.84. The molecule has 2 unspecified atom stereocenters. The van der Waals surface area contributed by atoms with Gasteiger partial charge < -0.3 is 20.1 Å². The molecular formula is C21H30N6O. The maximum Gasteiger partial charge on any atom is 0.221 e. The zero-order valence-corrected chi connectivity index (χ0v) is 16.9. The van der Waals surface area contributed by atoms with Gasteiger partial charge in [-0.1, -0.05) is 19.1 Å². The first-order chi connectivity index (χ1) is 13.6. The molecule has 3 rings (SSSR count). The molecule has 150 valence electrons. The van der Waals surface area contributed by atoms with Crippen LogP contribution in [-0.2, 0) is 11.2 Å². The molecule has 28 heavy (non-hydrogen) atoms. The van der Waals surface area contributed by atoms with Crippen molar-refractivity contribution in [2.24, 2.45) is 10.9 Å². The molecule has 1 amide bonds. The molecule has 2 N–H and O–H groups in total. The molecule has 1 aliphatic heterocycles. The minimum Gasteiger partial charge on any atom is -0.356 e. The summed E-state index contributed by atoms with van der Waals surface area (Å²) in [5.74, 6) is 1.51. The summed E-state index contributed by atoms with van der Waals surface area (Å²) in [5, 5.41) is 6.29. The number of nitrogens with zero attached hydrogens (tertiary/aromatic N) is 4. The Labute approximate surface area is 166 Å². The summed E-state index contributed by atoms with van der Waals surface area (Å²) in [6, 6.07) is 8.39. The molecule has 1 fully saturated rings. The van der Waals surface area contributed by atoms with Crippen molar-refractivity contribution in [2.45, 2.75) is 32.7 Å². The van der Waals surface area contributed by atoms with Gasteiger partial charge in [0.2, 0.25) is 5.91 Å². The number of carbonyl (C=O) groups excluding carboxylic acids is 1. The molecule has 0 saturated carbocycles. The van der Waals surface area contributed by atoms with E-state index in [0.717, 1.165) is 44.1 Å². The average Bonchev–Trinajstić information content (AvgIpc) is 3.21. The number of aromatic nitrogens is 2. The van der Waals surface area contributed by atoms with Crippen LogP contribution >= 0.6 is 0 Å². The zero-order valence-electron chi connectivity index (χ0n) is 16.9. The first kappa shape index (κ1) is 19.9. The van der Waals surface area contributed by atoms with E-state index in [4.69, 9.17) is 0 Å². The van der Waals surface area contributed by atoms with E-state index in [1.54, 1.807) is 0 Å². The Hall–Kier alpha value is -2.83. The number of aliphatic imine (C=N–C) groups is 1. The highest BCUT2D eigenvalue weighted by molar-refractivity contribution is 5.88. The number of carbonyl (C=O) groups is 1. The predicted octanol–water partition coefficient (Wildman–Crippen LogP) is 2.54. The van der Waals surface area contributed by atoms with Gasteiger partial charge in [0.1, 0.15) is 0 Å². The minimum atomic E-state index is -0.0527. The van der Waals surface area contributed by atoms with Crippen LogP contribution in [0.1, 0.15) is 31.9 Å². The highest BCUT2D eigenvalue weighted by atomic mass is 16.1. The van der Waals surface area contributed by atoms with E-state index >= 15 is 0 Å².